The molecular weight excluding hydrogens is 420 g/mol. The maximum Gasteiger partial charge on any atom is 0.225 e. The molecule has 2 N–H and O–H groups in total. The molecule has 0 saturated heterocycles. The Hall–Kier alpha value is -3.47. The number of rotatable bonds is 6. The summed E-state index contributed by atoms with van der Waals surface area (Å²) in [4.78, 5) is 18.2. The second kappa shape index (κ2) is 9.35. The van der Waals surface area contributed by atoms with Crippen molar-refractivity contribution in [2.75, 3.05) is 32.5 Å². The molecule has 1 unspecified atom stereocenters. The van der Waals surface area contributed by atoms with E-state index in [0.717, 1.165) is 17.2 Å². The van der Waals surface area contributed by atoms with Crippen LogP contribution < -0.4 is 5.73 Å². The van der Waals surface area contributed by atoms with Gasteiger partial charge in [0, 0.05) is 26.4 Å². The normalized spacial score (nSPS) is 18.8. The van der Waals surface area contributed by atoms with Crippen LogP contribution in [-0.2, 0) is 9.53 Å². The molecule has 0 spiro atoms. The number of halogens is 2. The van der Waals surface area contributed by atoms with E-state index in [0.29, 0.717) is 38.1 Å². The summed E-state index contributed by atoms with van der Waals surface area (Å²) < 4.78 is 34.3. The Balaban J connectivity index is 1.59. The Labute approximate surface area is 183 Å². The Bertz CT molecular complexity index is 1110. The van der Waals surface area contributed by atoms with E-state index in [1.807, 2.05) is 6.08 Å². The van der Waals surface area contributed by atoms with Crippen LogP contribution in [0.3, 0.4) is 0 Å². The van der Waals surface area contributed by atoms with Crippen molar-refractivity contribution in [1.82, 2.24) is 30.1 Å². The fourth-order valence-corrected chi connectivity index (χ4v) is 3.77. The Morgan fingerprint density at radius 2 is 2.22 bits per heavy atom. The van der Waals surface area contributed by atoms with E-state index in [1.165, 1.54) is 10.8 Å². The molecule has 11 heteroatoms. The van der Waals surface area contributed by atoms with Crippen molar-refractivity contribution in [1.29, 1.82) is 0 Å². The van der Waals surface area contributed by atoms with E-state index in [1.54, 1.807) is 24.3 Å². The molecule has 3 heterocycles. The molecule has 2 aliphatic rings. The molecule has 0 radical (unpaired) electrons. The number of tetrazole rings is 1. The molecular formula is C21H23F2N7O2. The summed E-state index contributed by atoms with van der Waals surface area (Å²) in [5, 5.41) is 11.5. The van der Waals surface area contributed by atoms with Gasteiger partial charge >= 0.3 is 0 Å². The highest BCUT2D eigenvalue weighted by molar-refractivity contribution is 5.79. The highest BCUT2D eigenvalue weighted by Crippen LogP contribution is 2.35. The second-order valence-corrected chi connectivity index (χ2v) is 7.52. The van der Waals surface area contributed by atoms with Crippen LogP contribution in [0.2, 0.25) is 0 Å². The fourth-order valence-electron chi connectivity index (χ4n) is 3.77. The number of methoxy groups -OCH3 is 1. The Kier molecular flexibility index (Phi) is 6.35. The van der Waals surface area contributed by atoms with E-state index >= 15 is 0 Å². The maximum absolute atomic E-state index is 14.4. The standard InChI is InChI=1S/C21H23F2N7O2/c1-32-10-7-18(31)29-8-5-13(6-9-29)14-11-15(20(24)25-12-14)21-26-27-28-30(21)17-4-2-3-16(22)19(17)23/h2-3,5,11-12,17H,4,6-10H2,1H3,(H2,24,25). The molecule has 0 fully saturated rings. The number of carbonyl (C=O) groups is 1. The predicted octanol–water partition coefficient (Wildman–Crippen LogP) is 2.62. The van der Waals surface area contributed by atoms with Gasteiger partial charge in [-0.2, -0.15) is 0 Å². The number of carbonyl (C=O) groups excluding carboxylic acids is 1. The van der Waals surface area contributed by atoms with Crippen LogP contribution >= 0.6 is 0 Å². The summed E-state index contributed by atoms with van der Waals surface area (Å²) >= 11 is 0. The second-order valence-electron chi connectivity index (χ2n) is 7.52. The molecule has 2 aromatic rings. The zero-order valence-corrected chi connectivity index (χ0v) is 17.5. The van der Waals surface area contributed by atoms with Gasteiger partial charge in [0.25, 0.3) is 0 Å². The predicted molar refractivity (Wildman–Crippen MR) is 113 cm³/mol. The SMILES string of the molecule is COCCC(=O)N1CC=C(c2cnc(N)c(-c3nnnn3C3CC=CC(F)=C3F)c2)CC1. The lowest BCUT2D eigenvalue weighted by Gasteiger charge is -2.27. The zero-order valence-electron chi connectivity index (χ0n) is 17.5. The van der Waals surface area contributed by atoms with Crippen molar-refractivity contribution < 1.29 is 18.3 Å². The summed E-state index contributed by atoms with van der Waals surface area (Å²) in [5.41, 5.74) is 8.32. The molecule has 1 aliphatic heterocycles. The van der Waals surface area contributed by atoms with Crippen LogP contribution in [0.4, 0.5) is 14.6 Å². The number of nitrogens with zero attached hydrogens (tertiary/aromatic N) is 6. The van der Waals surface area contributed by atoms with Gasteiger partial charge in [-0.1, -0.05) is 12.2 Å². The minimum atomic E-state index is -0.992. The van der Waals surface area contributed by atoms with Gasteiger partial charge in [-0.15, -0.1) is 5.10 Å². The number of aromatic nitrogens is 5. The lowest BCUT2D eigenvalue weighted by atomic mass is 9.99. The van der Waals surface area contributed by atoms with E-state index in [-0.39, 0.29) is 24.0 Å². The van der Waals surface area contributed by atoms with Crippen LogP contribution in [0.25, 0.3) is 17.0 Å². The first-order valence-electron chi connectivity index (χ1n) is 10.2. The first kappa shape index (κ1) is 21.8. The summed E-state index contributed by atoms with van der Waals surface area (Å²) in [5.74, 6) is -1.46. The molecule has 2 aromatic heterocycles. The molecule has 0 saturated carbocycles. The molecule has 1 amide bonds. The lowest BCUT2D eigenvalue weighted by molar-refractivity contribution is -0.131. The van der Waals surface area contributed by atoms with Crippen molar-refractivity contribution in [2.24, 2.45) is 0 Å². The Morgan fingerprint density at radius 3 is 2.97 bits per heavy atom. The van der Waals surface area contributed by atoms with Gasteiger partial charge in [0.15, 0.2) is 17.5 Å². The average molecular weight is 443 g/mol. The van der Waals surface area contributed by atoms with E-state index < -0.39 is 17.7 Å². The Morgan fingerprint density at radius 1 is 1.38 bits per heavy atom. The van der Waals surface area contributed by atoms with Crippen molar-refractivity contribution in [3.05, 3.63) is 47.7 Å². The van der Waals surface area contributed by atoms with Gasteiger partial charge in [0.2, 0.25) is 5.91 Å². The molecule has 0 aromatic carbocycles. The van der Waals surface area contributed by atoms with Gasteiger partial charge in [0.05, 0.1) is 18.6 Å². The molecule has 9 nitrogen and oxygen atoms in total. The number of hydrogen-bond donors (Lipinski definition) is 1. The molecule has 0 bridgehead atoms. The molecule has 1 aliphatic carbocycles. The van der Waals surface area contributed by atoms with Crippen molar-refractivity contribution >= 4 is 17.3 Å². The number of pyridine rings is 1. The lowest BCUT2D eigenvalue weighted by Crippen LogP contribution is -2.35. The topological polar surface area (TPSA) is 112 Å². The minimum Gasteiger partial charge on any atom is -0.384 e. The van der Waals surface area contributed by atoms with Crippen LogP contribution in [0.5, 0.6) is 0 Å². The summed E-state index contributed by atoms with van der Waals surface area (Å²) in [7, 11) is 1.57. The van der Waals surface area contributed by atoms with Gasteiger partial charge in [0.1, 0.15) is 11.9 Å². The summed E-state index contributed by atoms with van der Waals surface area (Å²) in [6.45, 7) is 1.46. The monoisotopic (exact) mass is 443 g/mol. The summed E-state index contributed by atoms with van der Waals surface area (Å²) in [6.07, 6.45) is 7.43. The van der Waals surface area contributed by atoms with Gasteiger partial charge in [-0.25, -0.2) is 18.4 Å². The summed E-state index contributed by atoms with van der Waals surface area (Å²) in [6, 6.07) is 0.795. The number of ether oxygens (including phenoxy) is 1. The van der Waals surface area contributed by atoms with Crippen molar-refractivity contribution in [3.63, 3.8) is 0 Å². The molecule has 4 rings (SSSR count). The maximum atomic E-state index is 14.4. The first-order valence-corrected chi connectivity index (χ1v) is 10.2. The van der Waals surface area contributed by atoms with Gasteiger partial charge in [-0.05, 0) is 46.5 Å². The van der Waals surface area contributed by atoms with Crippen molar-refractivity contribution in [3.8, 4) is 11.4 Å². The highest BCUT2D eigenvalue weighted by Gasteiger charge is 2.28. The number of allylic oxidation sites excluding steroid dienone is 4. The molecule has 1 atom stereocenters. The fraction of sp³-hybridized carbons (Fsp3) is 0.381. The minimum absolute atomic E-state index is 0.0429. The van der Waals surface area contributed by atoms with Crippen molar-refractivity contribution in [2.45, 2.75) is 25.3 Å². The first-order chi connectivity index (χ1) is 15.5. The molecule has 32 heavy (non-hydrogen) atoms. The van der Waals surface area contributed by atoms with Crippen LogP contribution in [-0.4, -0.2) is 62.8 Å². The van der Waals surface area contributed by atoms with Crippen LogP contribution in [0.1, 0.15) is 30.9 Å². The number of nitrogen functional groups attached to an aromatic ring is 1. The van der Waals surface area contributed by atoms with Gasteiger partial charge in [-0.3, -0.25) is 4.79 Å². The van der Waals surface area contributed by atoms with Gasteiger partial charge < -0.3 is 15.4 Å². The highest BCUT2D eigenvalue weighted by atomic mass is 19.2. The quantitative estimate of drug-likeness (QED) is 0.730. The zero-order chi connectivity index (χ0) is 22.7. The van der Waals surface area contributed by atoms with Crippen LogP contribution in [0.15, 0.2) is 42.1 Å². The van der Waals surface area contributed by atoms with E-state index in [9.17, 15) is 13.6 Å². The smallest absolute Gasteiger partial charge is 0.225 e. The number of hydrogen-bond acceptors (Lipinski definition) is 7. The number of amides is 1. The van der Waals surface area contributed by atoms with Crippen LogP contribution in [0, 0.1) is 0 Å². The number of anilines is 1. The van der Waals surface area contributed by atoms with E-state index in [2.05, 4.69) is 20.5 Å². The third kappa shape index (κ3) is 4.28. The third-order valence-electron chi connectivity index (χ3n) is 5.54. The van der Waals surface area contributed by atoms with E-state index in [4.69, 9.17) is 10.5 Å². The number of nitrogens with two attached hydrogens (primary N) is 1. The average Bonchev–Trinajstić information content (AvgIpc) is 3.29. The third-order valence-corrected chi connectivity index (χ3v) is 5.54. The largest absolute Gasteiger partial charge is 0.384 e. The molecule has 168 valence electrons.